The van der Waals surface area contributed by atoms with E-state index in [4.69, 9.17) is 0 Å². The maximum Gasteiger partial charge on any atom is 0.0812 e. The molecule has 5 aromatic rings. The fourth-order valence-corrected chi connectivity index (χ4v) is 4.75. The van der Waals surface area contributed by atoms with E-state index in [1.54, 1.807) is 24.8 Å². The van der Waals surface area contributed by atoms with E-state index in [2.05, 4.69) is 120 Å². The number of benzene rings is 3. The minimum Gasteiger partial charge on any atom is -0.255 e. The number of aliphatic imine (C=N–C) groups is 2. The molecule has 0 bridgehead atoms. The Morgan fingerprint density at radius 2 is 0.775 bits per heavy atom. The van der Waals surface area contributed by atoms with Gasteiger partial charge < -0.3 is 0 Å². The molecule has 3 aromatic carbocycles. The first-order valence-corrected chi connectivity index (χ1v) is 13.5. The molecule has 4 heteroatoms. The zero-order valence-electron chi connectivity index (χ0n) is 23.5. The molecule has 0 atom stereocenters. The van der Waals surface area contributed by atoms with E-state index in [1.807, 2.05) is 36.4 Å². The molecule has 0 spiro atoms. The van der Waals surface area contributed by atoms with Crippen LogP contribution in [0.4, 0.5) is 11.4 Å². The molecule has 2 heterocycles. The largest absolute Gasteiger partial charge is 0.255 e. The summed E-state index contributed by atoms with van der Waals surface area (Å²) in [6.45, 7) is 9.07. The summed E-state index contributed by atoms with van der Waals surface area (Å²) in [5, 5.41) is 0. The molecular weight excluding hydrogens is 488 g/mol. The van der Waals surface area contributed by atoms with Gasteiger partial charge in [-0.25, -0.2) is 0 Å². The molecule has 0 unspecified atom stereocenters. The summed E-state index contributed by atoms with van der Waals surface area (Å²) in [5.74, 6) is 0. The van der Waals surface area contributed by atoms with Crippen molar-refractivity contribution in [2.24, 2.45) is 9.98 Å². The zero-order chi connectivity index (χ0) is 28.0. The summed E-state index contributed by atoms with van der Waals surface area (Å²) >= 11 is 0. The first-order chi connectivity index (χ1) is 19.3. The molecule has 0 saturated heterocycles. The fraction of sp³-hybridized carbons (Fsp3) is 0.167. The minimum atomic E-state index is -0.140. The van der Waals surface area contributed by atoms with Crippen molar-refractivity contribution < 1.29 is 0 Å². The molecule has 0 aliphatic carbocycles. The Balaban J connectivity index is 1.29. The Labute approximate surface area is 237 Å². The minimum absolute atomic E-state index is 0.140. The third-order valence-corrected chi connectivity index (χ3v) is 7.57. The van der Waals surface area contributed by atoms with E-state index in [-0.39, 0.29) is 10.8 Å². The molecule has 0 fully saturated rings. The SMILES string of the molecule is CC(C)(c1ccc(N=Cc2ccccn2)cc1)c1ccc(C(C)(C)c2ccc(N=Cc3ccccn3)cc2)cc1. The molecule has 2 aromatic heterocycles. The number of rotatable bonds is 8. The third-order valence-electron chi connectivity index (χ3n) is 7.57. The molecule has 0 radical (unpaired) electrons. The van der Waals surface area contributed by atoms with Gasteiger partial charge in [0.1, 0.15) is 0 Å². The molecule has 0 N–H and O–H groups in total. The van der Waals surface area contributed by atoms with Crippen LogP contribution in [0.5, 0.6) is 0 Å². The second-order valence-electron chi connectivity index (χ2n) is 10.9. The van der Waals surface area contributed by atoms with Crippen molar-refractivity contribution in [3.63, 3.8) is 0 Å². The Kier molecular flexibility index (Phi) is 7.79. The lowest BCUT2D eigenvalue weighted by Crippen LogP contribution is -2.21. The topological polar surface area (TPSA) is 50.5 Å². The maximum absolute atomic E-state index is 4.57. The molecule has 0 aliphatic heterocycles. The molecule has 0 amide bonds. The summed E-state index contributed by atoms with van der Waals surface area (Å²) in [4.78, 5) is 17.7. The summed E-state index contributed by atoms with van der Waals surface area (Å²) in [6, 6.07) is 37.6. The third kappa shape index (κ3) is 6.13. The molecular formula is C36H34N4. The Morgan fingerprint density at radius 1 is 0.450 bits per heavy atom. The van der Waals surface area contributed by atoms with Gasteiger partial charge in [-0.1, -0.05) is 88.4 Å². The van der Waals surface area contributed by atoms with Crippen LogP contribution in [0, 0.1) is 0 Å². The van der Waals surface area contributed by atoms with Crippen LogP contribution in [0.25, 0.3) is 0 Å². The van der Waals surface area contributed by atoms with Gasteiger partial charge in [0.05, 0.1) is 35.2 Å². The zero-order valence-corrected chi connectivity index (χ0v) is 23.5. The van der Waals surface area contributed by atoms with E-state index < -0.39 is 0 Å². The van der Waals surface area contributed by atoms with Crippen molar-refractivity contribution in [3.05, 3.63) is 155 Å². The highest BCUT2D eigenvalue weighted by atomic mass is 14.8. The monoisotopic (exact) mass is 522 g/mol. The van der Waals surface area contributed by atoms with Crippen LogP contribution in [0.1, 0.15) is 61.3 Å². The van der Waals surface area contributed by atoms with Gasteiger partial charge in [0.15, 0.2) is 0 Å². The van der Waals surface area contributed by atoms with E-state index in [9.17, 15) is 0 Å². The van der Waals surface area contributed by atoms with Crippen LogP contribution in [-0.2, 0) is 10.8 Å². The van der Waals surface area contributed by atoms with Crippen molar-refractivity contribution in [1.82, 2.24) is 9.97 Å². The van der Waals surface area contributed by atoms with E-state index >= 15 is 0 Å². The van der Waals surface area contributed by atoms with Gasteiger partial charge in [-0.15, -0.1) is 0 Å². The molecule has 5 rings (SSSR count). The summed E-state index contributed by atoms with van der Waals surface area (Å²) in [7, 11) is 0. The van der Waals surface area contributed by atoms with Crippen molar-refractivity contribution >= 4 is 23.8 Å². The number of hydrogen-bond donors (Lipinski definition) is 0. The quantitative estimate of drug-likeness (QED) is 0.192. The van der Waals surface area contributed by atoms with Gasteiger partial charge in [0.2, 0.25) is 0 Å². The van der Waals surface area contributed by atoms with Crippen molar-refractivity contribution in [3.8, 4) is 0 Å². The molecule has 0 saturated carbocycles. The molecule has 0 aliphatic rings. The number of nitrogens with zero attached hydrogens (tertiary/aromatic N) is 4. The predicted molar refractivity (Wildman–Crippen MR) is 167 cm³/mol. The van der Waals surface area contributed by atoms with Crippen LogP contribution >= 0.6 is 0 Å². The van der Waals surface area contributed by atoms with Gasteiger partial charge >= 0.3 is 0 Å². The van der Waals surface area contributed by atoms with Crippen LogP contribution in [-0.4, -0.2) is 22.4 Å². The van der Waals surface area contributed by atoms with Crippen LogP contribution in [0.15, 0.2) is 132 Å². The molecule has 4 nitrogen and oxygen atoms in total. The molecule has 40 heavy (non-hydrogen) atoms. The Bertz CT molecular complexity index is 1460. The number of hydrogen-bond acceptors (Lipinski definition) is 4. The number of aromatic nitrogens is 2. The normalized spacial score (nSPS) is 12.3. The number of pyridine rings is 2. The Hall–Kier alpha value is -4.70. The first-order valence-electron chi connectivity index (χ1n) is 13.5. The lowest BCUT2D eigenvalue weighted by molar-refractivity contribution is 0.626. The Morgan fingerprint density at radius 3 is 1.07 bits per heavy atom. The van der Waals surface area contributed by atoms with E-state index in [1.165, 1.54) is 22.3 Å². The lowest BCUT2D eigenvalue weighted by atomic mass is 9.74. The average Bonchev–Trinajstić information content (AvgIpc) is 3.00. The summed E-state index contributed by atoms with van der Waals surface area (Å²) < 4.78 is 0. The maximum atomic E-state index is 4.57. The van der Waals surface area contributed by atoms with Crippen LogP contribution in [0.2, 0.25) is 0 Å². The van der Waals surface area contributed by atoms with Gasteiger partial charge in [0.25, 0.3) is 0 Å². The van der Waals surface area contributed by atoms with Gasteiger partial charge in [-0.2, -0.15) is 0 Å². The molecule has 198 valence electrons. The first kappa shape index (κ1) is 26.9. The van der Waals surface area contributed by atoms with Gasteiger partial charge in [-0.3, -0.25) is 20.0 Å². The van der Waals surface area contributed by atoms with E-state index in [0.717, 1.165) is 22.8 Å². The van der Waals surface area contributed by atoms with Crippen molar-refractivity contribution in [1.29, 1.82) is 0 Å². The highest BCUT2D eigenvalue weighted by molar-refractivity contribution is 5.80. The highest BCUT2D eigenvalue weighted by Crippen LogP contribution is 2.36. The fourth-order valence-electron chi connectivity index (χ4n) is 4.75. The second kappa shape index (κ2) is 11.6. The second-order valence-corrected chi connectivity index (χ2v) is 10.9. The van der Waals surface area contributed by atoms with Crippen molar-refractivity contribution in [2.45, 2.75) is 38.5 Å². The van der Waals surface area contributed by atoms with Gasteiger partial charge in [0, 0.05) is 23.2 Å². The lowest BCUT2D eigenvalue weighted by Gasteiger charge is -2.29. The summed E-state index contributed by atoms with van der Waals surface area (Å²) in [5.41, 5.74) is 8.29. The predicted octanol–water partition coefficient (Wildman–Crippen LogP) is 8.63. The van der Waals surface area contributed by atoms with E-state index in [0.29, 0.717) is 0 Å². The van der Waals surface area contributed by atoms with Crippen LogP contribution in [0.3, 0.4) is 0 Å². The van der Waals surface area contributed by atoms with Crippen LogP contribution < -0.4 is 0 Å². The highest BCUT2D eigenvalue weighted by Gasteiger charge is 2.26. The van der Waals surface area contributed by atoms with Crippen molar-refractivity contribution in [2.75, 3.05) is 0 Å². The smallest absolute Gasteiger partial charge is 0.0812 e. The van der Waals surface area contributed by atoms with Gasteiger partial charge in [-0.05, 0) is 70.8 Å². The standard InChI is InChI=1S/C36H34N4/c1-35(2,29-15-19-31(20-16-29)39-25-33-9-5-7-23-37-33)27-11-13-28(14-12-27)36(3,4)30-17-21-32(22-18-30)40-26-34-10-6-8-24-38-34/h5-26H,1-4H3. The average molecular weight is 523 g/mol. The summed E-state index contributed by atoms with van der Waals surface area (Å²) in [6.07, 6.45) is 7.14.